The van der Waals surface area contributed by atoms with Crippen LogP contribution in [0.2, 0.25) is 0 Å². The van der Waals surface area contributed by atoms with Gasteiger partial charge in [0.05, 0.1) is 7.11 Å². The van der Waals surface area contributed by atoms with Crippen molar-refractivity contribution in [3.8, 4) is 5.75 Å². The minimum atomic E-state index is 0. The van der Waals surface area contributed by atoms with Crippen molar-refractivity contribution in [1.29, 1.82) is 0 Å². The van der Waals surface area contributed by atoms with Gasteiger partial charge in [-0.2, -0.15) is 0 Å². The molecule has 0 saturated heterocycles. The van der Waals surface area contributed by atoms with Crippen molar-refractivity contribution in [3.05, 3.63) is 49.8 Å². The molecule has 1 atom stereocenters. The van der Waals surface area contributed by atoms with E-state index in [1.165, 1.54) is 5.56 Å². The zero-order valence-corrected chi connectivity index (χ0v) is 12.4. The molecule has 1 aromatic carbocycles. The molecule has 0 unspecified atom stereocenters. The molecule has 0 saturated carbocycles. The van der Waals surface area contributed by atoms with Gasteiger partial charge >= 0.3 is 33.9 Å². The van der Waals surface area contributed by atoms with E-state index in [0.29, 0.717) is 5.92 Å². The van der Waals surface area contributed by atoms with E-state index in [0.717, 1.165) is 12.2 Å². The van der Waals surface area contributed by atoms with Crippen molar-refractivity contribution in [2.45, 2.75) is 26.2 Å². The van der Waals surface area contributed by atoms with Gasteiger partial charge < -0.3 is 4.74 Å². The molecule has 102 valence electrons. The molecule has 5 heteroatoms. The Hall–Kier alpha value is -1.23. The van der Waals surface area contributed by atoms with Gasteiger partial charge in [-0.05, 0) is 24.0 Å². The van der Waals surface area contributed by atoms with E-state index in [9.17, 15) is 0 Å². The summed E-state index contributed by atoms with van der Waals surface area (Å²) in [5, 5.41) is 0. The van der Waals surface area contributed by atoms with E-state index < -0.39 is 0 Å². The Morgan fingerprint density at radius 3 is 1.84 bits per heavy atom. The van der Waals surface area contributed by atoms with Gasteiger partial charge in [0.2, 0.25) is 0 Å². The Balaban J connectivity index is -0.000000142. The molecule has 0 heterocycles. The molecule has 0 bridgehead atoms. The summed E-state index contributed by atoms with van der Waals surface area (Å²) >= 11 is 0. The molecule has 0 aliphatic rings. The van der Waals surface area contributed by atoms with Crippen LogP contribution in [0, 0.1) is 20.0 Å². The summed E-state index contributed by atoms with van der Waals surface area (Å²) in [6.45, 7) is 17.9. The SMILES string of the molecule is CC[C@@H](C)c1ccccc1OC.[C-]#[O+].[C-]#[O+].[C-]#[O+].[Cr]. The molecule has 0 fully saturated rings. The van der Waals surface area contributed by atoms with E-state index in [4.69, 9.17) is 18.7 Å². The second kappa shape index (κ2) is 22.0. The average molecular weight is 300 g/mol. The van der Waals surface area contributed by atoms with Crippen LogP contribution in [0.5, 0.6) is 5.75 Å². The van der Waals surface area contributed by atoms with Gasteiger partial charge in [0.1, 0.15) is 5.75 Å². The third-order valence-corrected chi connectivity index (χ3v) is 2.28. The third-order valence-electron chi connectivity index (χ3n) is 2.28. The number of benzene rings is 1. The first kappa shape index (κ1) is 26.4. The molecule has 1 aromatic rings. The van der Waals surface area contributed by atoms with E-state index >= 15 is 0 Å². The molecule has 1 rings (SSSR count). The average Bonchev–Trinajstić information content (AvgIpc) is 2.52. The normalized spacial score (nSPS) is 8.26. The minimum Gasteiger partial charge on any atom is 0 e. The summed E-state index contributed by atoms with van der Waals surface area (Å²) in [6, 6.07) is 8.21. The molecular weight excluding hydrogens is 284 g/mol. The summed E-state index contributed by atoms with van der Waals surface area (Å²) in [4.78, 5) is 0. The predicted molar refractivity (Wildman–Crippen MR) is 63.5 cm³/mol. The standard InChI is InChI=1S/C11H16O.3CO.Cr/c1-4-9(2)10-7-5-6-8-11(10)12-3;3*1-2;/h5-9H,4H2,1-3H3;;;;/t9-;;;;/m1..../s1. The van der Waals surface area contributed by atoms with Gasteiger partial charge in [-0.25, -0.2) is 0 Å². The zero-order chi connectivity index (χ0) is 15.0. The molecular formula is C14H16CrO4. The van der Waals surface area contributed by atoms with Crippen molar-refractivity contribution in [3.63, 3.8) is 0 Å². The van der Waals surface area contributed by atoms with Crippen LogP contribution < -0.4 is 4.74 Å². The molecule has 0 spiro atoms. The monoisotopic (exact) mass is 300 g/mol. The molecule has 0 aliphatic carbocycles. The van der Waals surface area contributed by atoms with Crippen molar-refractivity contribution in [2.24, 2.45) is 0 Å². The van der Waals surface area contributed by atoms with Crippen LogP contribution in [0.1, 0.15) is 31.7 Å². The largest absolute Gasteiger partial charge is 0 e. The fourth-order valence-corrected chi connectivity index (χ4v) is 1.29. The fourth-order valence-electron chi connectivity index (χ4n) is 1.29. The van der Waals surface area contributed by atoms with Gasteiger partial charge in [-0.1, -0.05) is 32.0 Å². The molecule has 4 nitrogen and oxygen atoms in total. The van der Waals surface area contributed by atoms with Crippen LogP contribution in [-0.2, 0) is 31.3 Å². The van der Waals surface area contributed by atoms with Crippen molar-refractivity contribution >= 4 is 0 Å². The molecule has 0 N–H and O–H groups in total. The van der Waals surface area contributed by atoms with Gasteiger partial charge in [0, 0.05) is 17.4 Å². The quantitative estimate of drug-likeness (QED) is 0.624. The van der Waals surface area contributed by atoms with Crippen molar-refractivity contribution in [1.82, 2.24) is 0 Å². The Morgan fingerprint density at radius 2 is 1.47 bits per heavy atom. The summed E-state index contributed by atoms with van der Waals surface area (Å²) < 4.78 is 27.8. The number of ether oxygens (including phenoxy) is 1. The molecule has 0 radical (unpaired) electrons. The number of hydrogen-bond donors (Lipinski definition) is 0. The van der Waals surface area contributed by atoms with E-state index in [-0.39, 0.29) is 17.4 Å². The number of rotatable bonds is 3. The first-order valence-electron chi connectivity index (χ1n) is 5.03. The maximum absolute atomic E-state index is 7.50. The van der Waals surface area contributed by atoms with Gasteiger partial charge in [-0.3, -0.25) is 0 Å². The summed E-state index contributed by atoms with van der Waals surface area (Å²) in [5.41, 5.74) is 1.31. The Bertz CT molecular complexity index is 344. The summed E-state index contributed by atoms with van der Waals surface area (Å²) in [6.07, 6.45) is 1.15. The van der Waals surface area contributed by atoms with E-state index in [2.05, 4.69) is 45.9 Å². The maximum atomic E-state index is 7.50. The van der Waals surface area contributed by atoms with E-state index in [1.807, 2.05) is 12.1 Å². The van der Waals surface area contributed by atoms with Crippen LogP contribution in [0.25, 0.3) is 0 Å². The van der Waals surface area contributed by atoms with Gasteiger partial charge in [0.15, 0.2) is 0 Å². The molecule has 0 aromatic heterocycles. The van der Waals surface area contributed by atoms with Gasteiger partial charge in [-0.15, -0.1) is 0 Å². The molecule has 0 amide bonds. The number of para-hydroxylation sites is 1. The topological polar surface area (TPSA) is 68.9 Å². The smallest absolute Gasteiger partial charge is 0 e. The molecule has 19 heavy (non-hydrogen) atoms. The van der Waals surface area contributed by atoms with Crippen molar-refractivity contribution < 1.29 is 36.1 Å². The second-order valence-corrected chi connectivity index (χ2v) is 3.05. The van der Waals surface area contributed by atoms with Crippen LogP contribution in [0.4, 0.5) is 0 Å². The third kappa shape index (κ3) is 11.6. The first-order chi connectivity index (χ1) is 8.79. The minimum absolute atomic E-state index is 0. The number of methoxy groups -OCH3 is 1. The summed E-state index contributed by atoms with van der Waals surface area (Å²) in [5.74, 6) is 1.59. The molecule has 0 aliphatic heterocycles. The Morgan fingerprint density at radius 1 is 1.05 bits per heavy atom. The first-order valence-corrected chi connectivity index (χ1v) is 5.03. The van der Waals surface area contributed by atoms with Crippen LogP contribution in [0.3, 0.4) is 0 Å². The zero-order valence-electron chi connectivity index (χ0n) is 11.1. The van der Waals surface area contributed by atoms with E-state index in [1.54, 1.807) is 7.11 Å². The van der Waals surface area contributed by atoms with Crippen molar-refractivity contribution in [2.75, 3.05) is 7.11 Å². The number of hydrogen-bond acceptors (Lipinski definition) is 1. The summed E-state index contributed by atoms with van der Waals surface area (Å²) in [7, 11) is 1.72. The van der Waals surface area contributed by atoms with Crippen LogP contribution in [-0.4, -0.2) is 7.11 Å². The van der Waals surface area contributed by atoms with Gasteiger partial charge in [0.25, 0.3) is 0 Å². The Labute approximate surface area is 125 Å². The maximum Gasteiger partial charge on any atom is 0 e. The predicted octanol–water partition coefficient (Wildman–Crippen LogP) is 3.09. The fraction of sp³-hybridized carbons (Fsp3) is 0.357. The van der Waals surface area contributed by atoms with Crippen LogP contribution in [0.15, 0.2) is 24.3 Å². The van der Waals surface area contributed by atoms with Crippen LogP contribution >= 0.6 is 0 Å². The Kier molecular flexibility index (Phi) is 30.5. The second-order valence-electron chi connectivity index (χ2n) is 3.05.